The van der Waals surface area contributed by atoms with Crippen molar-refractivity contribution < 1.29 is 9.53 Å². The number of thiophene rings is 1. The molecule has 0 aliphatic carbocycles. The molecule has 0 radical (unpaired) electrons. The van der Waals surface area contributed by atoms with Crippen molar-refractivity contribution in [3.63, 3.8) is 0 Å². The van der Waals surface area contributed by atoms with Gasteiger partial charge < -0.3 is 20.7 Å². The zero-order valence-electron chi connectivity index (χ0n) is 12.8. The number of amides is 1. The highest BCUT2D eigenvalue weighted by molar-refractivity contribution is 7.99. The van der Waals surface area contributed by atoms with Crippen LogP contribution < -0.4 is 16.0 Å². The molecule has 2 rings (SSSR count). The van der Waals surface area contributed by atoms with Crippen LogP contribution in [-0.4, -0.2) is 45.0 Å². The highest BCUT2D eigenvalue weighted by Crippen LogP contribution is 2.44. The van der Waals surface area contributed by atoms with Crippen molar-refractivity contribution in [1.29, 1.82) is 0 Å². The largest absolute Gasteiger partial charge is 0.396 e. The molecule has 0 unspecified atom stereocenters. The number of carbonyl (C=O) groups excluding carboxylic acids is 1. The maximum absolute atomic E-state index is 11.9. The van der Waals surface area contributed by atoms with Gasteiger partial charge in [-0.2, -0.15) is 0 Å². The second-order valence-corrected chi connectivity index (χ2v) is 6.72. The van der Waals surface area contributed by atoms with E-state index in [-0.39, 0.29) is 5.91 Å². The Balaban J connectivity index is 2.18. The van der Waals surface area contributed by atoms with Gasteiger partial charge in [-0.05, 0) is 26.0 Å². The monoisotopic (exact) mass is 329 g/mol. The predicted molar refractivity (Wildman–Crippen MR) is 90.8 cm³/mol. The SMILES string of the molecule is CCOC1CCN(c2sc(C(=O)NC)c(N)c2SC)CC1. The minimum atomic E-state index is -0.108. The Morgan fingerprint density at radius 3 is 2.71 bits per heavy atom. The number of carbonyl (C=O) groups is 1. The van der Waals surface area contributed by atoms with Gasteiger partial charge in [0.1, 0.15) is 9.88 Å². The average molecular weight is 329 g/mol. The molecule has 5 nitrogen and oxygen atoms in total. The van der Waals surface area contributed by atoms with E-state index in [1.165, 1.54) is 11.3 Å². The van der Waals surface area contributed by atoms with Crippen molar-refractivity contribution in [3.8, 4) is 0 Å². The van der Waals surface area contributed by atoms with Gasteiger partial charge >= 0.3 is 0 Å². The molecule has 1 aromatic rings. The Bertz CT molecular complexity index is 497. The van der Waals surface area contributed by atoms with Gasteiger partial charge in [-0.15, -0.1) is 23.1 Å². The van der Waals surface area contributed by atoms with Gasteiger partial charge in [0.05, 0.1) is 16.7 Å². The lowest BCUT2D eigenvalue weighted by Gasteiger charge is -2.33. The van der Waals surface area contributed by atoms with Gasteiger partial charge in [0, 0.05) is 26.7 Å². The van der Waals surface area contributed by atoms with E-state index in [4.69, 9.17) is 10.5 Å². The number of rotatable bonds is 5. The molecule has 0 spiro atoms. The van der Waals surface area contributed by atoms with Crippen molar-refractivity contribution in [2.75, 3.05) is 43.6 Å². The maximum atomic E-state index is 11.9. The maximum Gasteiger partial charge on any atom is 0.263 e. The first-order valence-electron chi connectivity index (χ1n) is 7.17. The zero-order valence-corrected chi connectivity index (χ0v) is 14.4. The molecule has 1 aliphatic rings. The molecular weight excluding hydrogens is 306 g/mol. The van der Waals surface area contributed by atoms with Crippen LogP contribution in [0.1, 0.15) is 29.4 Å². The normalized spacial score (nSPS) is 16.2. The third kappa shape index (κ3) is 3.46. The van der Waals surface area contributed by atoms with Crippen LogP contribution in [0.2, 0.25) is 0 Å². The minimum absolute atomic E-state index is 0.108. The summed E-state index contributed by atoms with van der Waals surface area (Å²) in [5, 5.41) is 3.78. The van der Waals surface area contributed by atoms with Crippen LogP contribution in [0.25, 0.3) is 0 Å². The third-order valence-corrected chi connectivity index (χ3v) is 5.87. The molecule has 0 aromatic carbocycles. The third-order valence-electron chi connectivity index (χ3n) is 3.65. The standard InChI is InChI=1S/C14H23N3O2S2/c1-4-19-9-5-7-17(8-6-9)14-12(20-3)10(15)11(21-14)13(18)16-2/h9H,4-8,15H2,1-3H3,(H,16,18). The van der Waals surface area contributed by atoms with Crippen LogP contribution in [0, 0.1) is 0 Å². The number of thioether (sulfide) groups is 1. The van der Waals surface area contributed by atoms with Gasteiger partial charge in [0.2, 0.25) is 0 Å². The van der Waals surface area contributed by atoms with Gasteiger partial charge in [-0.1, -0.05) is 0 Å². The molecule has 1 fully saturated rings. The van der Waals surface area contributed by atoms with Crippen molar-refractivity contribution in [3.05, 3.63) is 4.88 Å². The van der Waals surface area contributed by atoms with Crippen LogP contribution in [0.5, 0.6) is 0 Å². The van der Waals surface area contributed by atoms with Crippen LogP contribution in [-0.2, 0) is 4.74 Å². The Morgan fingerprint density at radius 2 is 2.19 bits per heavy atom. The summed E-state index contributed by atoms with van der Waals surface area (Å²) >= 11 is 3.10. The second kappa shape index (κ2) is 7.38. The summed E-state index contributed by atoms with van der Waals surface area (Å²) in [5.41, 5.74) is 6.76. The van der Waals surface area contributed by atoms with Gasteiger partial charge in [0.15, 0.2) is 0 Å². The molecule has 0 bridgehead atoms. The first-order valence-corrected chi connectivity index (χ1v) is 9.21. The zero-order chi connectivity index (χ0) is 15.4. The molecule has 1 aromatic heterocycles. The van der Waals surface area contributed by atoms with Crippen LogP contribution >= 0.6 is 23.1 Å². The van der Waals surface area contributed by atoms with Crippen molar-refractivity contribution in [1.82, 2.24) is 5.32 Å². The number of ether oxygens (including phenoxy) is 1. The topological polar surface area (TPSA) is 67.6 Å². The molecule has 3 N–H and O–H groups in total. The number of nitrogen functional groups attached to an aromatic ring is 1. The fourth-order valence-corrected chi connectivity index (χ4v) is 4.74. The fraction of sp³-hybridized carbons (Fsp3) is 0.643. The van der Waals surface area contributed by atoms with E-state index in [1.807, 2.05) is 13.2 Å². The first-order chi connectivity index (χ1) is 10.1. The Hall–Kier alpha value is -0.920. The van der Waals surface area contributed by atoms with Crippen molar-refractivity contribution in [2.24, 2.45) is 0 Å². The van der Waals surface area contributed by atoms with Crippen molar-refractivity contribution >= 4 is 39.7 Å². The number of anilines is 2. The van der Waals surface area contributed by atoms with E-state index in [0.717, 1.165) is 42.4 Å². The summed E-state index contributed by atoms with van der Waals surface area (Å²) in [4.78, 5) is 15.9. The van der Waals surface area contributed by atoms with Crippen LogP contribution in [0.4, 0.5) is 10.7 Å². The van der Waals surface area contributed by atoms with Gasteiger partial charge in [-0.3, -0.25) is 4.79 Å². The summed E-state index contributed by atoms with van der Waals surface area (Å²) in [7, 11) is 1.63. The van der Waals surface area contributed by atoms with E-state index in [9.17, 15) is 4.79 Å². The molecule has 118 valence electrons. The molecule has 1 saturated heterocycles. The Kier molecular flexibility index (Phi) is 5.78. The van der Waals surface area contributed by atoms with E-state index < -0.39 is 0 Å². The van der Waals surface area contributed by atoms with E-state index >= 15 is 0 Å². The lowest BCUT2D eigenvalue weighted by molar-refractivity contribution is 0.0459. The molecule has 1 amide bonds. The molecule has 7 heteroatoms. The van der Waals surface area contributed by atoms with Gasteiger partial charge in [0.25, 0.3) is 5.91 Å². The molecule has 2 heterocycles. The highest BCUT2D eigenvalue weighted by Gasteiger charge is 2.26. The molecule has 1 aliphatic heterocycles. The number of nitrogens with one attached hydrogen (secondary N) is 1. The smallest absolute Gasteiger partial charge is 0.263 e. The Labute approximate surface area is 134 Å². The summed E-state index contributed by atoms with van der Waals surface area (Å²) in [6.07, 6.45) is 4.41. The number of nitrogens with two attached hydrogens (primary N) is 1. The number of piperidine rings is 1. The van der Waals surface area contributed by atoms with E-state index in [2.05, 4.69) is 10.2 Å². The van der Waals surface area contributed by atoms with E-state index in [1.54, 1.807) is 18.8 Å². The summed E-state index contributed by atoms with van der Waals surface area (Å²) in [6.45, 7) is 4.71. The highest BCUT2D eigenvalue weighted by atomic mass is 32.2. The van der Waals surface area contributed by atoms with E-state index in [0.29, 0.717) is 16.7 Å². The number of hydrogen-bond donors (Lipinski definition) is 2. The molecular formula is C14H23N3O2S2. The Morgan fingerprint density at radius 1 is 1.52 bits per heavy atom. The molecule has 21 heavy (non-hydrogen) atoms. The summed E-state index contributed by atoms with van der Waals surface area (Å²) in [6, 6.07) is 0. The number of hydrogen-bond acceptors (Lipinski definition) is 6. The van der Waals surface area contributed by atoms with Crippen LogP contribution in [0.3, 0.4) is 0 Å². The number of nitrogens with zero attached hydrogens (tertiary/aromatic N) is 1. The van der Waals surface area contributed by atoms with Crippen molar-refractivity contribution in [2.45, 2.75) is 30.8 Å². The lowest BCUT2D eigenvalue weighted by Crippen LogP contribution is -2.36. The molecule has 0 atom stereocenters. The predicted octanol–water partition coefficient (Wildman–Crippen LogP) is 2.42. The first kappa shape index (κ1) is 16.5. The lowest BCUT2D eigenvalue weighted by atomic mass is 10.1. The van der Waals surface area contributed by atoms with Gasteiger partial charge in [-0.25, -0.2) is 0 Å². The average Bonchev–Trinajstić information content (AvgIpc) is 2.84. The summed E-state index contributed by atoms with van der Waals surface area (Å²) in [5.74, 6) is -0.108. The molecule has 0 saturated carbocycles. The summed E-state index contributed by atoms with van der Waals surface area (Å²) < 4.78 is 5.69. The quantitative estimate of drug-likeness (QED) is 0.812. The van der Waals surface area contributed by atoms with Crippen LogP contribution in [0.15, 0.2) is 4.90 Å². The minimum Gasteiger partial charge on any atom is -0.396 e. The fourth-order valence-electron chi connectivity index (χ4n) is 2.57. The second-order valence-electron chi connectivity index (χ2n) is 4.90.